The monoisotopic (exact) mass is 411 g/mol. The summed E-state index contributed by atoms with van der Waals surface area (Å²) in [6.07, 6.45) is 3.47. The Hall–Kier alpha value is -3.32. The first-order chi connectivity index (χ1) is 14.0. The molecule has 0 aliphatic rings. The molecule has 1 aromatic heterocycles. The second kappa shape index (κ2) is 9.75. The molecule has 0 saturated carbocycles. The van der Waals surface area contributed by atoms with Crippen LogP contribution in [0.4, 0.5) is 4.79 Å². The molecule has 0 aliphatic heterocycles. The Kier molecular flexibility index (Phi) is 6.86. The summed E-state index contributed by atoms with van der Waals surface area (Å²) < 4.78 is 1.83. The molecule has 0 saturated heterocycles. The Balaban J connectivity index is 1.58. The van der Waals surface area contributed by atoms with Crippen LogP contribution in [0.15, 0.2) is 67.0 Å². The third kappa shape index (κ3) is 5.83. The van der Waals surface area contributed by atoms with Crippen molar-refractivity contribution in [3.8, 4) is 0 Å². The molecule has 0 aliphatic carbocycles. The molecule has 0 bridgehead atoms. The lowest BCUT2D eigenvalue weighted by atomic mass is 10.1. The Morgan fingerprint density at radius 2 is 1.79 bits per heavy atom. The van der Waals surface area contributed by atoms with Crippen LogP contribution in [0.5, 0.6) is 0 Å². The number of hydrogen-bond acceptors (Lipinski definition) is 3. The van der Waals surface area contributed by atoms with Gasteiger partial charge < -0.3 is 20.5 Å². The lowest BCUT2D eigenvalue weighted by molar-refractivity contribution is -0.120. The number of imidazole rings is 1. The second-order valence-electron chi connectivity index (χ2n) is 6.47. The maximum atomic E-state index is 12.5. The second-order valence-corrected chi connectivity index (χ2v) is 6.91. The summed E-state index contributed by atoms with van der Waals surface area (Å²) in [5.41, 5.74) is 1.82. The first-order valence-corrected chi connectivity index (χ1v) is 9.48. The van der Waals surface area contributed by atoms with E-state index in [1.807, 2.05) is 54.1 Å². The highest BCUT2D eigenvalue weighted by Gasteiger charge is 2.21. The van der Waals surface area contributed by atoms with E-state index in [-0.39, 0.29) is 12.5 Å². The molecule has 1 heterocycles. The summed E-state index contributed by atoms with van der Waals surface area (Å²) >= 11 is 5.97. The molecule has 2 aromatic carbocycles. The van der Waals surface area contributed by atoms with Gasteiger partial charge in [-0.25, -0.2) is 9.78 Å². The van der Waals surface area contributed by atoms with E-state index in [1.165, 1.54) is 0 Å². The van der Waals surface area contributed by atoms with Gasteiger partial charge in [-0.15, -0.1) is 0 Å². The number of halogens is 1. The van der Waals surface area contributed by atoms with Gasteiger partial charge in [0.1, 0.15) is 11.9 Å². The minimum Gasteiger partial charge on any atom is -0.341 e. The van der Waals surface area contributed by atoms with E-state index in [2.05, 4.69) is 20.9 Å². The van der Waals surface area contributed by atoms with Gasteiger partial charge in [-0.2, -0.15) is 0 Å². The van der Waals surface area contributed by atoms with Crippen molar-refractivity contribution in [2.24, 2.45) is 7.05 Å². The van der Waals surface area contributed by atoms with Crippen LogP contribution in [0, 0.1) is 0 Å². The van der Waals surface area contributed by atoms with E-state index in [1.54, 1.807) is 24.5 Å². The third-order valence-electron chi connectivity index (χ3n) is 4.33. The maximum Gasteiger partial charge on any atom is 0.315 e. The Bertz CT molecular complexity index is 957. The number of amides is 3. The highest BCUT2D eigenvalue weighted by molar-refractivity contribution is 6.30. The van der Waals surface area contributed by atoms with Crippen molar-refractivity contribution in [1.29, 1.82) is 0 Å². The van der Waals surface area contributed by atoms with Crippen molar-refractivity contribution in [2.45, 2.75) is 12.6 Å². The van der Waals surface area contributed by atoms with Crippen molar-refractivity contribution in [2.75, 3.05) is 6.54 Å². The van der Waals surface area contributed by atoms with Crippen molar-refractivity contribution < 1.29 is 9.59 Å². The number of nitrogens with zero attached hydrogens (tertiary/aromatic N) is 2. The highest BCUT2D eigenvalue weighted by atomic mass is 35.5. The van der Waals surface area contributed by atoms with E-state index in [9.17, 15) is 9.59 Å². The van der Waals surface area contributed by atoms with E-state index in [0.717, 1.165) is 11.1 Å². The molecule has 3 aromatic rings. The van der Waals surface area contributed by atoms with Gasteiger partial charge in [0.25, 0.3) is 0 Å². The van der Waals surface area contributed by atoms with Gasteiger partial charge in [0, 0.05) is 31.0 Å². The molecule has 0 spiro atoms. The van der Waals surface area contributed by atoms with Gasteiger partial charge in [-0.1, -0.05) is 54.1 Å². The zero-order valence-corrected chi connectivity index (χ0v) is 16.7. The minimum absolute atomic E-state index is 0.158. The molecule has 8 heteroatoms. The molecule has 0 unspecified atom stereocenters. The van der Waals surface area contributed by atoms with E-state index in [0.29, 0.717) is 17.4 Å². The van der Waals surface area contributed by atoms with Crippen LogP contribution in [0.1, 0.15) is 23.0 Å². The number of benzene rings is 2. The fraction of sp³-hybridized carbons (Fsp3) is 0.190. The van der Waals surface area contributed by atoms with E-state index in [4.69, 9.17) is 11.6 Å². The van der Waals surface area contributed by atoms with Gasteiger partial charge in [0.05, 0.1) is 6.54 Å². The lowest BCUT2D eigenvalue weighted by Gasteiger charge is -2.19. The SMILES string of the molecule is Cn1ccnc1[C@H](NC(=O)CNC(=O)NCc1ccccc1)c1ccc(Cl)cc1. The average Bonchev–Trinajstić information content (AvgIpc) is 3.16. The molecular formula is C21H22ClN5O2. The number of carbonyl (C=O) groups is 2. The van der Waals surface area contributed by atoms with Crippen LogP contribution in [0.25, 0.3) is 0 Å². The van der Waals surface area contributed by atoms with Gasteiger partial charge in [-0.05, 0) is 23.3 Å². The third-order valence-corrected chi connectivity index (χ3v) is 4.58. The Morgan fingerprint density at radius 1 is 1.07 bits per heavy atom. The number of aromatic nitrogens is 2. The topological polar surface area (TPSA) is 88.1 Å². The summed E-state index contributed by atoms with van der Waals surface area (Å²) in [5, 5.41) is 8.81. The quantitative estimate of drug-likeness (QED) is 0.558. The predicted octanol–water partition coefficient (Wildman–Crippen LogP) is 2.78. The maximum absolute atomic E-state index is 12.5. The zero-order valence-electron chi connectivity index (χ0n) is 15.9. The molecule has 3 N–H and O–H groups in total. The number of urea groups is 1. The van der Waals surface area contributed by atoms with Crippen molar-refractivity contribution >= 4 is 23.5 Å². The Labute approximate surface area is 174 Å². The first-order valence-electron chi connectivity index (χ1n) is 9.10. The Morgan fingerprint density at radius 3 is 2.45 bits per heavy atom. The first kappa shape index (κ1) is 20.4. The highest BCUT2D eigenvalue weighted by Crippen LogP contribution is 2.22. The summed E-state index contributed by atoms with van der Waals surface area (Å²) in [5.74, 6) is 0.344. The number of hydrogen-bond donors (Lipinski definition) is 3. The molecule has 3 amide bonds. The molecule has 3 rings (SSSR count). The van der Waals surface area contributed by atoms with E-state index < -0.39 is 12.1 Å². The van der Waals surface area contributed by atoms with Crippen LogP contribution >= 0.6 is 11.6 Å². The molecule has 7 nitrogen and oxygen atoms in total. The fourth-order valence-corrected chi connectivity index (χ4v) is 2.95. The summed E-state index contributed by atoms with van der Waals surface area (Å²) in [6, 6.07) is 15.8. The molecular weight excluding hydrogens is 390 g/mol. The van der Waals surface area contributed by atoms with Crippen molar-refractivity contribution in [3.05, 3.63) is 89.0 Å². The molecule has 0 fully saturated rings. The average molecular weight is 412 g/mol. The minimum atomic E-state index is -0.464. The fourth-order valence-electron chi connectivity index (χ4n) is 2.82. The van der Waals surface area contributed by atoms with Crippen LogP contribution in [-0.2, 0) is 18.4 Å². The summed E-state index contributed by atoms with van der Waals surface area (Å²) in [6.45, 7) is 0.226. The molecule has 150 valence electrons. The van der Waals surface area contributed by atoms with Crippen molar-refractivity contribution in [3.63, 3.8) is 0 Å². The normalized spacial score (nSPS) is 11.5. The number of nitrogens with one attached hydrogen (secondary N) is 3. The van der Waals surface area contributed by atoms with Gasteiger partial charge in [0.15, 0.2) is 0 Å². The van der Waals surface area contributed by atoms with Gasteiger partial charge in [0.2, 0.25) is 5.91 Å². The number of rotatable bonds is 7. The molecule has 0 radical (unpaired) electrons. The lowest BCUT2D eigenvalue weighted by Crippen LogP contribution is -2.43. The number of aryl methyl sites for hydroxylation is 1. The van der Waals surface area contributed by atoms with Crippen LogP contribution < -0.4 is 16.0 Å². The zero-order chi connectivity index (χ0) is 20.6. The predicted molar refractivity (Wildman–Crippen MR) is 111 cm³/mol. The molecule has 29 heavy (non-hydrogen) atoms. The van der Waals surface area contributed by atoms with Gasteiger partial charge in [-0.3, -0.25) is 4.79 Å². The van der Waals surface area contributed by atoms with Crippen LogP contribution in [-0.4, -0.2) is 28.0 Å². The summed E-state index contributed by atoms with van der Waals surface area (Å²) in [4.78, 5) is 28.8. The number of carbonyl (C=O) groups excluding carboxylic acids is 2. The standard InChI is InChI=1S/C21H22ClN5O2/c1-27-12-11-23-20(27)19(16-7-9-17(22)10-8-16)26-18(28)14-25-21(29)24-13-15-5-3-2-4-6-15/h2-12,19H,13-14H2,1H3,(H,26,28)(H2,24,25,29)/t19-/m1/s1. The van der Waals surface area contributed by atoms with Crippen LogP contribution in [0.3, 0.4) is 0 Å². The van der Waals surface area contributed by atoms with Gasteiger partial charge >= 0.3 is 6.03 Å². The smallest absolute Gasteiger partial charge is 0.315 e. The molecule has 1 atom stereocenters. The summed E-state index contributed by atoms with van der Waals surface area (Å²) in [7, 11) is 1.85. The largest absolute Gasteiger partial charge is 0.341 e. The van der Waals surface area contributed by atoms with Crippen LogP contribution in [0.2, 0.25) is 5.02 Å². The van der Waals surface area contributed by atoms with E-state index >= 15 is 0 Å². The van der Waals surface area contributed by atoms with Crippen molar-refractivity contribution in [1.82, 2.24) is 25.5 Å².